The van der Waals surface area contributed by atoms with Crippen LogP contribution >= 0.6 is 24.0 Å². The summed E-state index contributed by atoms with van der Waals surface area (Å²) in [6.07, 6.45) is 3.85. The summed E-state index contributed by atoms with van der Waals surface area (Å²) in [7, 11) is 0. The SMILES string of the molecule is CCCCOCCOCCNC(=NCc1cccnc1Oc1cccc(F)c1)NCC.I. The van der Waals surface area contributed by atoms with E-state index < -0.39 is 0 Å². The molecule has 0 saturated carbocycles. The van der Waals surface area contributed by atoms with E-state index in [0.717, 1.165) is 31.6 Å². The van der Waals surface area contributed by atoms with E-state index in [2.05, 4.69) is 27.5 Å². The molecule has 1 aromatic carbocycles. The van der Waals surface area contributed by atoms with Crippen LogP contribution in [-0.4, -0.2) is 50.5 Å². The summed E-state index contributed by atoms with van der Waals surface area (Å²) in [6.45, 7) is 8.40. The van der Waals surface area contributed by atoms with Gasteiger partial charge in [0.2, 0.25) is 5.88 Å². The monoisotopic (exact) mass is 560 g/mol. The highest BCUT2D eigenvalue weighted by molar-refractivity contribution is 14.0. The van der Waals surface area contributed by atoms with Gasteiger partial charge in [-0.3, -0.25) is 0 Å². The molecule has 0 aliphatic heterocycles. The number of pyridine rings is 1. The lowest BCUT2D eigenvalue weighted by Gasteiger charge is -2.13. The first kappa shape index (κ1) is 28.1. The van der Waals surface area contributed by atoms with E-state index in [1.165, 1.54) is 12.1 Å². The summed E-state index contributed by atoms with van der Waals surface area (Å²) in [5, 5.41) is 6.44. The minimum atomic E-state index is -0.360. The van der Waals surface area contributed by atoms with Crippen LogP contribution in [0, 0.1) is 5.82 Å². The van der Waals surface area contributed by atoms with E-state index in [4.69, 9.17) is 14.2 Å². The van der Waals surface area contributed by atoms with Crippen LogP contribution in [0.4, 0.5) is 4.39 Å². The number of nitrogens with one attached hydrogen (secondary N) is 2. The average Bonchev–Trinajstić information content (AvgIpc) is 2.77. The Labute approximate surface area is 207 Å². The predicted molar refractivity (Wildman–Crippen MR) is 135 cm³/mol. The minimum Gasteiger partial charge on any atom is -0.439 e. The number of unbranched alkanes of at least 4 members (excludes halogenated alkanes) is 1. The zero-order chi connectivity index (χ0) is 22.2. The number of hydrogen-bond donors (Lipinski definition) is 2. The molecule has 178 valence electrons. The summed E-state index contributed by atoms with van der Waals surface area (Å²) in [5.41, 5.74) is 0.796. The molecule has 7 nitrogen and oxygen atoms in total. The Kier molecular flexibility index (Phi) is 15.4. The summed E-state index contributed by atoms with van der Waals surface area (Å²) < 4.78 is 30.2. The molecular formula is C23H34FIN4O3. The summed E-state index contributed by atoms with van der Waals surface area (Å²) in [6, 6.07) is 9.68. The molecule has 2 rings (SSSR count). The summed E-state index contributed by atoms with van der Waals surface area (Å²) in [5.74, 6) is 1.11. The number of hydrogen-bond acceptors (Lipinski definition) is 5. The molecule has 0 unspecified atom stereocenters. The highest BCUT2D eigenvalue weighted by Gasteiger charge is 2.07. The minimum absolute atomic E-state index is 0. The Morgan fingerprint density at radius 2 is 1.84 bits per heavy atom. The molecule has 0 fully saturated rings. The van der Waals surface area contributed by atoms with Crippen molar-refractivity contribution in [2.75, 3.05) is 39.5 Å². The molecule has 9 heteroatoms. The molecule has 0 aliphatic rings. The molecule has 1 aromatic heterocycles. The number of ether oxygens (including phenoxy) is 3. The third kappa shape index (κ3) is 11.6. The molecule has 0 bridgehead atoms. The maximum atomic E-state index is 13.4. The van der Waals surface area contributed by atoms with Crippen LogP contribution in [-0.2, 0) is 16.0 Å². The maximum Gasteiger partial charge on any atom is 0.224 e. The molecule has 2 aromatic rings. The van der Waals surface area contributed by atoms with E-state index in [1.807, 2.05) is 19.1 Å². The van der Waals surface area contributed by atoms with Gasteiger partial charge in [-0.05, 0) is 31.5 Å². The molecule has 2 N–H and O–H groups in total. The first-order chi connectivity index (χ1) is 15.2. The van der Waals surface area contributed by atoms with Gasteiger partial charge in [0.05, 0.1) is 26.4 Å². The Hall–Kier alpha value is -1.98. The summed E-state index contributed by atoms with van der Waals surface area (Å²) >= 11 is 0. The van der Waals surface area contributed by atoms with E-state index in [-0.39, 0.29) is 29.8 Å². The molecule has 0 amide bonds. The second-order valence-electron chi connectivity index (χ2n) is 6.73. The molecule has 0 aliphatic carbocycles. The van der Waals surface area contributed by atoms with Gasteiger partial charge in [0, 0.05) is 37.5 Å². The van der Waals surface area contributed by atoms with Gasteiger partial charge in [-0.2, -0.15) is 0 Å². The van der Waals surface area contributed by atoms with Crippen molar-refractivity contribution in [3.63, 3.8) is 0 Å². The standard InChI is InChI=1S/C23H33FN4O3.HI/c1-3-5-13-29-15-16-30-14-12-27-23(25-4-2)28-18-19-8-7-11-26-22(19)31-21-10-6-9-20(24)17-21;/h6-11,17H,3-5,12-16,18H2,1-2H3,(H2,25,27,28);1H. The van der Waals surface area contributed by atoms with Gasteiger partial charge in [0.15, 0.2) is 5.96 Å². The van der Waals surface area contributed by atoms with E-state index in [0.29, 0.717) is 50.5 Å². The van der Waals surface area contributed by atoms with Gasteiger partial charge in [-0.25, -0.2) is 14.4 Å². The van der Waals surface area contributed by atoms with Crippen molar-refractivity contribution >= 4 is 29.9 Å². The number of aliphatic imine (C=N–C) groups is 1. The summed E-state index contributed by atoms with van der Waals surface area (Å²) in [4.78, 5) is 8.85. The topological polar surface area (TPSA) is 77.0 Å². The fraction of sp³-hybridized carbons (Fsp3) is 0.478. The number of guanidine groups is 1. The van der Waals surface area contributed by atoms with Gasteiger partial charge in [-0.15, -0.1) is 24.0 Å². The first-order valence-electron chi connectivity index (χ1n) is 10.8. The first-order valence-corrected chi connectivity index (χ1v) is 10.8. The highest BCUT2D eigenvalue weighted by Crippen LogP contribution is 2.23. The van der Waals surface area contributed by atoms with Crippen LogP contribution < -0.4 is 15.4 Å². The van der Waals surface area contributed by atoms with E-state index in [9.17, 15) is 4.39 Å². The second-order valence-corrected chi connectivity index (χ2v) is 6.73. The van der Waals surface area contributed by atoms with Gasteiger partial charge in [0.25, 0.3) is 0 Å². The molecule has 0 saturated heterocycles. The molecule has 0 spiro atoms. The van der Waals surface area contributed by atoms with Crippen molar-refractivity contribution in [1.82, 2.24) is 15.6 Å². The van der Waals surface area contributed by atoms with Gasteiger partial charge in [-0.1, -0.05) is 25.5 Å². The lowest BCUT2D eigenvalue weighted by Crippen LogP contribution is -2.39. The third-order valence-electron chi connectivity index (χ3n) is 4.17. The quantitative estimate of drug-likeness (QED) is 0.153. The third-order valence-corrected chi connectivity index (χ3v) is 4.17. The predicted octanol–water partition coefficient (Wildman–Crippen LogP) is 4.52. The lowest BCUT2D eigenvalue weighted by atomic mass is 10.2. The van der Waals surface area contributed by atoms with E-state index >= 15 is 0 Å². The van der Waals surface area contributed by atoms with Gasteiger partial charge in [0.1, 0.15) is 11.6 Å². The van der Waals surface area contributed by atoms with Crippen molar-refractivity contribution < 1.29 is 18.6 Å². The fourth-order valence-electron chi connectivity index (χ4n) is 2.59. The van der Waals surface area contributed by atoms with Crippen molar-refractivity contribution in [3.05, 3.63) is 54.0 Å². The number of rotatable bonds is 14. The van der Waals surface area contributed by atoms with Crippen LogP contribution in [0.15, 0.2) is 47.6 Å². The Morgan fingerprint density at radius 1 is 1.03 bits per heavy atom. The highest BCUT2D eigenvalue weighted by atomic mass is 127. The van der Waals surface area contributed by atoms with Crippen molar-refractivity contribution in [2.45, 2.75) is 33.2 Å². The Morgan fingerprint density at radius 3 is 2.59 bits per heavy atom. The smallest absolute Gasteiger partial charge is 0.224 e. The van der Waals surface area contributed by atoms with Crippen molar-refractivity contribution in [2.24, 2.45) is 4.99 Å². The molecule has 0 radical (unpaired) electrons. The van der Waals surface area contributed by atoms with Crippen LogP contribution in [0.3, 0.4) is 0 Å². The van der Waals surface area contributed by atoms with Crippen LogP contribution in [0.5, 0.6) is 11.6 Å². The van der Waals surface area contributed by atoms with Crippen LogP contribution in [0.1, 0.15) is 32.3 Å². The number of aromatic nitrogens is 1. The zero-order valence-electron chi connectivity index (χ0n) is 18.8. The van der Waals surface area contributed by atoms with Gasteiger partial charge >= 0.3 is 0 Å². The van der Waals surface area contributed by atoms with E-state index in [1.54, 1.807) is 18.3 Å². The fourth-order valence-corrected chi connectivity index (χ4v) is 2.59. The molecular weight excluding hydrogens is 526 g/mol. The largest absolute Gasteiger partial charge is 0.439 e. The molecule has 1 heterocycles. The normalized spacial score (nSPS) is 11.0. The van der Waals surface area contributed by atoms with Crippen molar-refractivity contribution in [1.29, 1.82) is 0 Å². The molecule has 0 atom stereocenters. The number of nitrogens with zero attached hydrogens (tertiary/aromatic N) is 2. The number of halogens is 2. The Balaban J connectivity index is 0.00000512. The maximum absolute atomic E-state index is 13.4. The lowest BCUT2D eigenvalue weighted by molar-refractivity contribution is 0.0487. The Bertz CT molecular complexity index is 795. The molecule has 32 heavy (non-hydrogen) atoms. The van der Waals surface area contributed by atoms with Crippen molar-refractivity contribution in [3.8, 4) is 11.6 Å². The average molecular weight is 560 g/mol. The van der Waals surface area contributed by atoms with Crippen LogP contribution in [0.2, 0.25) is 0 Å². The number of benzene rings is 1. The van der Waals surface area contributed by atoms with Crippen LogP contribution in [0.25, 0.3) is 0 Å². The van der Waals surface area contributed by atoms with Gasteiger partial charge < -0.3 is 24.8 Å². The zero-order valence-corrected chi connectivity index (χ0v) is 21.1. The second kappa shape index (κ2) is 17.6.